The first-order chi connectivity index (χ1) is 12.8. The number of nitrogens with one attached hydrogen (secondary N) is 2. The summed E-state index contributed by atoms with van der Waals surface area (Å²) in [4.78, 5) is 12.9. The Bertz CT molecular complexity index is 955. The van der Waals surface area contributed by atoms with E-state index in [0.717, 1.165) is 31.2 Å². The van der Waals surface area contributed by atoms with E-state index >= 15 is 0 Å². The maximum atomic E-state index is 13.3. The standard InChI is InChI=1S/C19H20ClFN2O3S/c1-22-27(25,26)15-8-9-17(20)16(12-15)18(24)23-19(10-2-3-11-19)13-4-6-14(21)7-5-13/h4-9,12,22H,2-3,10-11H2,1H3,(H,23,24). The van der Waals surface area contributed by atoms with Crippen molar-refractivity contribution in [3.63, 3.8) is 0 Å². The first-order valence-electron chi connectivity index (χ1n) is 8.59. The first kappa shape index (κ1) is 19.8. The van der Waals surface area contributed by atoms with E-state index < -0.39 is 21.5 Å². The highest BCUT2D eigenvalue weighted by Gasteiger charge is 2.37. The van der Waals surface area contributed by atoms with E-state index in [1.165, 1.54) is 37.4 Å². The zero-order valence-electron chi connectivity index (χ0n) is 14.8. The second-order valence-electron chi connectivity index (χ2n) is 6.60. The normalized spacial score (nSPS) is 16.3. The van der Waals surface area contributed by atoms with E-state index in [-0.39, 0.29) is 21.3 Å². The van der Waals surface area contributed by atoms with Crippen LogP contribution in [0.3, 0.4) is 0 Å². The summed E-state index contributed by atoms with van der Waals surface area (Å²) in [5.74, 6) is -0.800. The van der Waals surface area contributed by atoms with Crippen LogP contribution in [0.5, 0.6) is 0 Å². The van der Waals surface area contributed by atoms with E-state index in [4.69, 9.17) is 11.6 Å². The van der Waals surface area contributed by atoms with E-state index in [1.807, 2.05) is 0 Å². The van der Waals surface area contributed by atoms with Crippen LogP contribution in [0.1, 0.15) is 41.6 Å². The molecule has 1 aliphatic rings. The van der Waals surface area contributed by atoms with Crippen LogP contribution in [-0.4, -0.2) is 21.4 Å². The fourth-order valence-electron chi connectivity index (χ4n) is 3.48. The van der Waals surface area contributed by atoms with Crippen LogP contribution in [0.2, 0.25) is 5.02 Å². The Morgan fingerprint density at radius 2 is 1.74 bits per heavy atom. The highest BCUT2D eigenvalue weighted by atomic mass is 35.5. The molecule has 0 heterocycles. The van der Waals surface area contributed by atoms with Gasteiger partial charge in [0.25, 0.3) is 5.91 Å². The van der Waals surface area contributed by atoms with E-state index in [9.17, 15) is 17.6 Å². The molecule has 27 heavy (non-hydrogen) atoms. The largest absolute Gasteiger partial charge is 0.342 e. The molecule has 2 N–H and O–H groups in total. The van der Waals surface area contributed by atoms with Crippen molar-refractivity contribution in [3.05, 3.63) is 64.4 Å². The van der Waals surface area contributed by atoms with Gasteiger partial charge in [-0.25, -0.2) is 17.5 Å². The lowest BCUT2D eigenvalue weighted by molar-refractivity contribution is 0.0898. The molecule has 1 fully saturated rings. The predicted molar refractivity (Wildman–Crippen MR) is 102 cm³/mol. The third-order valence-electron chi connectivity index (χ3n) is 4.97. The second kappa shape index (κ2) is 7.58. The highest BCUT2D eigenvalue weighted by molar-refractivity contribution is 7.89. The minimum atomic E-state index is -3.70. The highest BCUT2D eigenvalue weighted by Crippen LogP contribution is 2.39. The molecule has 0 saturated heterocycles. The summed E-state index contributed by atoms with van der Waals surface area (Å²) in [7, 11) is -2.40. The summed E-state index contributed by atoms with van der Waals surface area (Å²) >= 11 is 6.16. The zero-order valence-corrected chi connectivity index (χ0v) is 16.3. The van der Waals surface area contributed by atoms with E-state index in [0.29, 0.717) is 0 Å². The molecule has 2 aromatic rings. The van der Waals surface area contributed by atoms with Gasteiger partial charge in [0.2, 0.25) is 10.0 Å². The number of amides is 1. The van der Waals surface area contributed by atoms with Crippen LogP contribution >= 0.6 is 11.6 Å². The number of hydrogen-bond acceptors (Lipinski definition) is 3. The lowest BCUT2D eigenvalue weighted by atomic mass is 9.87. The molecule has 144 valence electrons. The number of carbonyl (C=O) groups excluding carboxylic acids is 1. The molecule has 0 atom stereocenters. The maximum absolute atomic E-state index is 13.3. The SMILES string of the molecule is CNS(=O)(=O)c1ccc(Cl)c(C(=O)NC2(c3ccc(F)cc3)CCCC2)c1. The van der Waals surface area contributed by atoms with Crippen molar-refractivity contribution in [3.8, 4) is 0 Å². The van der Waals surface area contributed by atoms with Gasteiger partial charge in [0.1, 0.15) is 5.82 Å². The lowest BCUT2D eigenvalue weighted by Gasteiger charge is -2.31. The van der Waals surface area contributed by atoms with Gasteiger partial charge in [-0.3, -0.25) is 4.79 Å². The molecule has 0 spiro atoms. The monoisotopic (exact) mass is 410 g/mol. The number of sulfonamides is 1. The average molecular weight is 411 g/mol. The van der Waals surface area contributed by atoms with Crippen LogP contribution in [0.15, 0.2) is 47.4 Å². The lowest BCUT2D eigenvalue weighted by Crippen LogP contribution is -2.44. The van der Waals surface area contributed by atoms with Crippen molar-refractivity contribution in [1.82, 2.24) is 10.0 Å². The van der Waals surface area contributed by atoms with Crippen LogP contribution in [-0.2, 0) is 15.6 Å². The van der Waals surface area contributed by atoms with E-state index in [2.05, 4.69) is 10.0 Å². The maximum Gasteiger partial charge on any atom is 0.253 e. The molecule has 1 aliphatic carbocycles. The smallest absolute Gasteiger partial charge is 0.253 e. The van der Waals surface area contributed by atoms with Gasteiger partial charge in [-0.15, -0.1) is 0 Å². The quantitative estimate of drug-likeness (QED) is 0.791. The minimum absolute atomic E-state index is 0.0400. The number of carbonyl (C=O) groups is 1. The molecule has 2 aromatic carbocycles. The van der Waals surface area contributed by atoms with Gasteiger partial charge >= 0.3 is 0 Å². The topological polar surface area (TPSA) is 75.3 Å². The van der Waals surface area contributed by atoms with Gasteiger partial charge in [-0.2, -0.15) is 0 Å². The van der Waals surface area contributed by atoms with Gasteiger partial charge in [-0.05, 0) is 55.8 Å². The summed E-state index contributed by atoms with van der Waals surface area (Å²) in [6.45, 7) is 0. The van der Waals surface area contributed by atoms with Crippen molar-refractivity contribution < 1.29 is 17.6 Å². The molecule has 8 heteroatoms. The molecular formula is C19H20ClFN2O3S. The molecule has 5 nitrogen and oxygen atoms in total. The van der Waals surface area contributed by atoms with Crippen molar-refractivity contribution in [1.29, 1.82) is 0 Å². The Labute approximate surface area is 163 Å². The molecule has 0 aromatic heterocycles. The summed E-state index contributed by atoms with van der Waals surface area (Å²) in [6.07, 6.45) is 3.30. The Balaban J connectivity index is 1.96. The summed E-state index contributed by atoms with van der Waals surface area (Å²) in [6, 6.07) is 10.1. The van der Waals surface area contributed by atoms with E-state index in [1.54, 1.807) is 12.1 Å². The Morgan fingerprint density at radius 3 is 2.33 bits per heavy atom. The van der Waals surface area contributed by atoms with Gasteiger partial charge < -0.3 is 5.32 Å². The fourth-order valence-corrected chi connectivity index (χ4v) is 4.44. The van der Waals surface area contributed by atoms with Gasteiger partial charge in [0.05, 0.1) is 21.0 Å². The van der Waals surface area contributed by atoms with Crippen LogP contribution < -0.4 is 10.0 Å². The summed E-state index contributed by atoms with van der Waals surface area (Å²) in [5, 5.41) is 3.18. The first-order valence-corrected chi connectivity index (χ1v) is 10.5. The molecule has 0 radical (unpaired) electrons. The Hall–Kier alpha value is -1.96. The van der Waals surface area contributed by atoms with Crippen molar-refractivity contribution in [2.24, 2.45) is 0 Å². The number of hydrogen-bond donors (Lipinski definition) is 2. The van der Waals surface area contributed by atoms with Gasteiger partial charge in [0.15, 0.2) is 0 Å². The fraction of sp³-hybridized carbons (Fsp3) is 0.316. The van der Waals surface area contributed by atoms with Crippen LogP contribution in [0.25, 0.3) is 0 Å². The van der Waals surface area contributed by atoms with Crippen molar-refractivity contribution >= 4 is 27.5 Å². The third-order valence-corrected chi connectivity index (χ3v) is 6.71. The van der Waals surface area contributed by atoms with Crippen molar-refractivity contribution in [2.45, 2.75) is 36.1 Å². The number of rotatable bonds is 5. The zero-order chi connectivity index (χ0) is 19.7. The molecular weight excluding hydrogens is 391 g/mol. The predicted octanol–water partition coefficient (Wildman–Crippen LogP) is 3.59. The van der Waals surface area contributed by atoms with Crippen LogP contribution in [0, 0.1) is 5.82 Å². The minimum Gasteiger partial charge on any atom is -0.342 e. The molecule has 1 saturated carbocycles. The Kier molecular flexibility index (Phi) is 5.55. The third kappa shape index (κ3) is 4.00. The molecule has 1 amide bonds. The molecule has 0 aliphatic heterocycles. The summed E-state index contributed by atoms with van der Waals surface area (Å²) < 4.78 is 39.6. The molecule has 0 unspecified atom stereocenters. The molecule has 0 bridgehead atoms. The van der Waals surface area contributed by atoms with Gasteiger partial charge in [-0.1, -0.05) is 36.6 Å². The van der Waals surface area contributed by atoms with Crippen molar-refractivity contribution in [2.75, 3.05) is 7.05 Å². The van der Waals surface area contributed by atoms with Crippen LogP contribution in [0.4, 0.5) is 4.39 Å². The molecule has 3 rings (SSSR count). The second-order valence-corrected chi connectivity index (χ2v) is 8.89. The number of benzene rings is 2. The Morgan fingerprint density at radius 1 is 1.11 bits per heavy atom. The van der Waals surface area contributed by atoms with Gasteiger partial charge in [0, 0.05) is 0 Å². The average Bonchev–Trinajstić information content (AvgIpc) is 3.12. The summed E-state index contributed by atoms with van der Waals surface area (Å²) in [5.41, 5.74) is 0.290. The number of halogens is 2.